The van der Waals surface area contributed by atoms with Crippen molar-refractivity contribution in [3.63, 3.8) is 0 Å². The topological polar surface area (TPSA) is 85.9 Å². The lowest BCUT2D eigenvalue weighted by Gasteiger charge is -2.05. The molecule has 2 rings (SSSR count). The second-order valence-corrected chi connectivity index (χ2v) is 4.77. The highest BCUT2D eigenvalue weighted by molar-refractivity contribution is 5.59. The van der Waals surface area contributed by atoms with Gasteiger partial charge >= 0.3 is 5.69 Å². The summed E-state index contributed by atoms with van der Waals surface area (Å²) in [5, 5.41) is 18.6. The molecule has 7 nitrogen and oxygen atoms in total. The highest BCUT2D eigenvalue weighted by Crippen LogP contribution is 2.28. The van der Waals surface area contributed by atoms with Crippen LogP contribution in [0.4, 0.5) is 11.5 Å². The number of nitrogens with one attached hydrogen (secondary N) is 1. The Bertz CT molecular complexity index is 609. The number of aryl methyl sites for hydroxylation is 2. The van der Waals surface area contributed by atoms with Gasteiger partial charge in [-0.05, 0) is 18.6 Å². The molecule has 21 heavy (non-hydrogen) atoms. The Balaban J connectivity index is 2.10. The minimum absolute atomic E-state index is 0.0837. The van der Waals surface area contributed by atoms with E-state index < -0.39 is 0 Å². The summed E-state index contributed by atoms with van der Waals surface area (Å²) in [6.45, 7) is 2.55. The second kappa shape index (κ2) is 6.83. The molecule has 2 aromatic rings. The van der Waals surface area contributed by atoms with Crippen molar-refractivity contribution >= 4 is 11.5 Å². The van der Waals surface area contributed by atoms with Crippen molar-refractivity contribution < 1.29 is 4.92 Å². The fourth-order valence-electron chi connectivity index (χ4n) is 2.22. The number of pyridine rings is 1. The molecular weight excluding hydrogens is 270 g/mol. The molecular formula is C14H19N5O2. The maximum Gasteiger partial charge on any atom is 0.333 e. The van der Waals surface area contributed by atoms with Gasteiger partial charge in [-0.1, -0.05) is 19.4 Å². The number of aromatic nitrogens is 3. The summed E-state index contributed by atoms with van der Waals surface area (Å²) in [4.78, 5) is 15.1. The van der Waals surface area contributed by atoms with E-state index in [4.69, 9.17) is 0 Å². The molecule has 7 heteroatoms. The van der Waals surface area contributed by atoms with Gasteiger partial charge in [0.15, 0.2) is 0 Å². The van der Waals surface area contributed by atoms with Crippen molar-refractivity contribution in [2.45, 2.75) is 26.2 Å². The first-order chi connectivity index (χ1) is 10.1. The maximum absolute atomic E-state index is 11.3. The number of anilines is 1. The van der Waals surface area contributed by atoms with Gasteiger partial charge in [0.05, 0.1) is 4.92 Å². The van der Waals surface area contributed by atoms with Crippen molar-refractivity contribution in [1.29, 1.82) is 0 Å². The molecule has 0 aliphatic carbocycles. The van der Waals surface area contributed by atoms with Crippen molar-refractivity contribution in [2.75, 3.05) is 11.9 Å². The zero-order valence-electron chi connectivity index (χ0n) is 12.2. The molecule has 0 amide bonds. The van der Waals surface area contributed by atoms with E-state index in [1.165, 1.54) is 0 Å². The maximum atomic E-state index is 11.3. The lowest BCUT2D eigenvalue weighted by molar-refractivity contribution is -0.384. The third-order valence-electron chi connectivity index (χ3n) is 3.16. The van der Waals surface area contributed by atoms with Crippen LogP contribution in [-0.2, 0) is 19.9 Å². The fourth-order valence-corrected chi connectivity index (χ4v) is 2.22. The third-order valence-corrected chi connectivity index (χ3v) is 3.16. The van der Waals surface area contributed by atoms with Crippen LogP contribution in [0.25, 0.3) is 0 Å². The molecule has 0 aliphatic rings. The summed E-state index contributed by atoms with van der Waals surface area (Å²) < 4.78 is 1.54. The van der Waals surface area contributed by atoms with Gasteiger partial charge in [0.25, 0.3) is 0 Å². The largest absolute Gasteiger partial charge is 0.364 e. The molecule has 1 N–H and O–H groups in total. The minimum atomic E-state index is -0.360. The number of rotatable bonds is 7. The number of hydrogen-bond acceptors (Lipinski definition) is 5. The smallest absolute Gasteiger partial charge is 0.333 e. The van der Waals surface area contributed by atoms with Gasteiger partial charge in [-0.15, -0.1) is 0 Å². The number of nitrogens with zero attached hydrogens (tertiary/aromatic N) is 4. The van der Waals surface area contributed by atoms with Gasteiger partial charge in [-0.25, -0.2) is 4.68 Å². The standard InChI is InChI=1S/C14H19N5O2/c1-3-6-12-13(19(20)21)14(18(2)17-12)16-10-8-11-7-4-5-9-15-11/h4-5,7,9,16H,3,6,8,10H2,1-2H3. The Labute approximate surface area is 123 Å². The van der Waals surface area contributed by atoms with E-state index in [2.05, 4.69) is 15.4 Å². The zero-order valence-corrected chi connectivity index (χ0v) is 12.2. The second-order valence-electron chi connectivity index (χ2n) is 4.77. The first-order valence-electron chi connectivity index (χ1n) is 6.97. The van der Waals surface area contributed by atoms with Crippen molar-refractivity contribution in [3.05, 3.63) is 45.9 Å². The quantitative estimate of drug-likeness (QED) is 0.624. The molecule has 0 unspecified atom stereocenters. The van der Waals surface area contributed by atoms with Crippen molar-refractivity contribution in [3.8, 4) is 0 Å². The Morgan fingerprint density at radius 3 is 2.81 bits per heavy atom. The van der Waals surface area contributed by atoms with Crippen LogP contribution in [0.5, 0.6) is 0 Å². The van der Waals surface area contributed by atoms with Crippen LogP contribution in [0.15, 0.2) is 24.4 Å². The summed E-state index contributed by atoms with van der Waals surface area (Å²) in [5.41, 5.74) is 1.56. The van der Waals surface area contributed by atoms with Gasteiger partial charge in [-0.3, -0.25) is 15.1 Å². The molecule has 112 valence electrons. The van der Waals surface area contributed by atoms with Crippen LogP contribution < -0.4 is 5.32 Å². The molecule has 2 heterocycles. The average Bonchev–Trinajstić information content (AvgIpc) is 2.77. The molecule has 0 saturated carbocycles. The van der Waals surface area contributed by atoms with Crippen LogP contribution in [0.1, 0.15) is 24.7 Å². The van der Waals surface area contributed by atoms with E-state index in [0.717, 1.165) is 12.1 Å². The zero-order chi connectivity index (χ0) is 15.2. The van der Waals surface area contributed by atoms with Crippen LogP contribution in [0.3, 0.4) is 0 Å². The van der Waals surface area contributed by atoms with Crippen molar-refractivity contribution in [1.82, 2.24) is 14.8 Å². The van der Waals surface area contributed by atoms with Gasteiger partial charge in [0.1, 0.15) is 5.69 Å². The Hall–Kier alpha value is -2.44. The predicted molar refractivity (Wildman–Crippen MR) is 80.3 cm³/mol. The first kappa shape index (κ1) is 15.0. The molecule has 0 saturated heterocycles. The van der Waals surface area contributed by atoms with E-state index in [9.17, 15) is 10.1 Å². The summed E-state index contributed by atoms with van der Waals surface area (Å²) >= 11 is 0. The Morgan fingerprint density at radius 2 is 2.19 bits per heavy atom. The fraction of sp³-hybridized carbons (Fsp3) is 0.429. The number of hydrogen-bond donors (Lipinski definition) is 1. The van der Waals surface area contributed by atoms with E-state index >= 15 is 0 Å². The predicted octanol–water partition coefficient (Wildman–Crippen LogP) is 2.33. The SMILES string of the molecule is CCCc1nn(C)c(NCCc2ccccn2)c1[N+](=O)[O-]. The summed E-state index contributed by atoms with van der Waals surface area (Å²) in [6, 6.07) is 5.72. The highest BCUT2D eigenvalue weighted by atomic mass is 16.6. The third kappa shape index (κ3) is 3.56. The first-order valence-corrected chi connectivity index (χ1v) is 6.97. The van der Waals surface area contributed by atoms with Crippen LogP contribution in [-0.4, -0.2) is 26.2 Å². The average molecular weight is 289 g/mol. The minimum Gasteiger partial charge on any atom is -0.364 e. The molecule has 2 aromatic heterocycles. The molecule has 0 aromatic carbocycles. The monoisotopic (exact) mass is 289 g/mol. The van der Waals surface area contributed by atoms with Crippen LogP contribution in [0, 0.1) is 10.1 Å². The number of nitro groups is 1. The molecule has 0 fully saturated rings. The van der Waals surface area contributed by atoms with E-state index in [1.54, 1.807) is 17.9 Å². The van der Waals surface area contributed by atoms with Crippen LogP contribution in [0.2, 0.25) is 0 Å². The lowest BCUT2D eigenvalue weighted by Crippen LogP contribution is -2.10. The molecule has 0 aliphatic heterocycles. The van der Waals surface area contributed by atoms with E-state index in [1.807, 2.05) is 25.1 Å². The molecule has 0 bridgehead atoms. The Kier molecular flexibility index (Phi) is 4.86. The van der Waals surface area contributed by atoms with Gasteiger partial charge in [-0.2, -0.15) is 5.10 Å². The van der Waals surface area contributed by atoms with Crippen molar-refractivity contribution in [2.24, 2.45) is 7.05 Å². The van der Waals surface area contributed by atoms with E-state index in [0.29, 0.717) is 30.9 Å². The lowest BCUT2D eigenvalue weighted by atomic mass is 10.2. The summed E-state index contributed by atoms with van der Waals surface area (Å²) in [5.74, 6) is 0.458. The van der Waals surface area contributed by atoms with Crippen LogP contribution >= 0.6 is 0 Å². The summed E-state index contributed by atoms with van der Waals surface area (Å²) in [6.07, 6.45) is 3.87. The van der Waals surface area contributed by atoms with Gasteiger partial charge in [0, 0.05) is 31.9 Å². The van der Waals surface area contributed by atoms with Gasteiger partial charge in [0.2, 0.25) is 5.82 Å². The normalized spacial score (nSPS) is 10.6. The van der Waals surface area contributed by atoms with E-state index in [-0.39, 0.29) is 10.6 Å². The van der Waals surface area contributed by atoms with Gasteiger partial charge < -0.3 is 5.32 Å². The Morgan fingerprint density at radius 1 is 1.38 bits per heavy atom. The highest BCUT2D eigenvalue weighted by Gasteiger charge is 2.25. The summed E-state index contributed by atoms with van der Waals surface area (Å²) in [7, 11) is 1.72. The molecule has 0 radical (unpaired) electrons. The molecule has 0 spiro atoms. The molecule has 0 atom stereocenters.